The van der Waals surface area contributed by atoms with E-state index in [0.29, 0.717) is 12.5 Å². The first-order valence-corrected chi connectivity index (χ1v) is 8.99. The number of anilines is 1. The lowest BCUT2D eigenvalue weighted by molar-refractivity contribution is 0.175. The highest BCUT2D eigenvalue weighted by Crippen LogP contribution is 2.14. The molecule has 2 N–H and O–H groups in total. The lowest BCUT2D eigenvalue weighted by atomic mass is 10.1. The van der Waals surface area contributed by atoms with Crippen LogP contribution in [0.3, 0.4) is 0 Å². The summed E-state index contributed by atoms with van der Waals surface area (Å²) in [6.45, 7) is 0.621. The summed E-state index contributed by atoms with van der Waals surface area (Å²) in [7, 11) is 1.91. The van der Waals surface area contributed by atoms with Crippen LogP contribution in [-0.2, 0) is 0 Å². The molecule has 1 unspecified atom stereocenters. The predicted octanol–water partition coefficient (Wildman–Crippen LogP) is 3.72. The topological polar surface area (TPSA) is 54.4 Å². The van der Waals surface area contributed by atoms with Gasteiger partial charge in [-0.05, 0) is 29.3 Å². The Labute approximate surface area is 150 Å². The molecule has 0 aliphatic rings. The first kappa shape index (κ1) is 17.7. The molecule has 122 valence electrons. The van der Waals surface area contributed by atoms with Crippen molar-refractivity contribution in [1.82, 2.24) is 4.98 Å². The maximum absolute atomic E-state index is 9.14. The van der Waals surface area contributed by atoms with E-state index in [9.17, 15) is 0 Å². The van der Waals surface area contributed by atoms with Crippen molar-refractivity contribution in [2.75, 3.05) is 30.0 Å². The summed E-state index contributed by atoms with van der Waals surface area (Å²) in [5.74, 6) is 0.737. The molecule has 23 heavy (non-hydrogen) atoms. The van der Waals surface area contributed by atoms with Crippen LogP contribution < -0.4 is 10.1 Å². The van der Waals surface area contributed by atoms with Crippen LogP contribution in [0.15, 0.2) is 42.6 Å². The van der Waals surface area contributed by atoms with Gasteiger partial charge in [0.15, 0.2) is 0 Å². The van der Waals surface area contributed by atoms with Gasteiger partial charge in [-0.1, -0.05) is 46.9 Å². The van der Waals surface area contributed by atoms with Crippen LogP contribution in [0.4, 0.5) is 5.69 Å². The molecule has 5 heteroatoms. The fraction of sp³-hybridized carbons (Fsp3) is 0.278. The number of pyridine rings is 1. The summed E-state index contributed by atoms with van der Waals surface area (Å²) in [6.07, 6.45) is 5.85. The van der Waals surface area contributed by atoms with E-state index in [1.54, 1.807) is 6.20 Å². The van der Waals surface area contributed by atoms with Crippen LogP contribution in [0.2, 0.25) is 0 Å². The zero-order valence-corrected chi connectivity index (χ0v) is 15.2. The Morgan fingerprint density at radius 3 is 2.43 bits per heavy atom. The van der Waals surface area contributed by atoms with Gasteiger partial charge in [0.2, 0.25) is 5.88 Å². The number of benzene rings is 1. The standard InChI is InChI=1S/C18H21IN2O2/c1-20-17-7-4-14(5-8-17)2-3-15-6-9-18(21-11-15)23-13-16(10-19)12-22/h2-9,11,16,20,22H,10,12-13H2,1H3/b3-2+. The smallest absolute Gasteiger partial charge is 0.213 e. The fourth-order valence-electron chi connectivity index (χ4n) is 1.88. The molecule has 1 aromatic carbocycles. The minimum atomic E-state index is 0.135. The summed E-state index contributed by atoms with van der Waals surface area (Å²) in [6, 6.07) is 12.0. The third kappa shape index (κ3) is 5.84. The van der Waals surface area contributed by atoms with Crippen LogP contribution >= 0.6 is 22.6 Å². The summed E-state index contributed by atoms with van der Waals surface area (Å²) in [4.78, 5) is 4.29. The van der Waals surface area contributed by atoms with Crippen molar-refractivity contribution in [2.45, 2.75) is 0 Å². The molecule has 2 rings (SSSR count). The number of hydrogen-bond acceptors (Lipinski definition) is 4. The highest BCUT2D eigenvalue weighted by atomic mass is 127. The Balaban J connectivity index is 1.92. The molecule has 0 aliphatic carbocycles. The fourth-order valence-corrected chi connectivity index (χ4v) is 2.41. The molecule has 0 saturated heterocycles. The molecule has 4 nitrogen and oxygen atoms in total. The molecular formula is C18H21IN2O2. The van der Waals surface area contributed by atoms with Gasteiger partial charge < -0.3 is 15.2 Å². The van der Waals surface area contributed by atoms with Gasteiger partial charge in [-0.15, -0.1) is 0 Å². The van der Waals surface area contributed by atoms with Gasteiger partial charge in [-0.3, -0.25) is 0 Å². The quantitative estimate of drug-likeness (QED) is 0.501. The zero-order chi connectivity index (χ0) is 16.5. The normalized spacial score (nSPS) is 12.3. The van der Waals surface area contributed by atoms with Crippen molar-refractivity contribution < 1.29 is 9.84 Å². The molecule has 1 atom stereocenters. The first-order valence-electron chi connectivity index (χ1n) is 7.46. The predicted molar refractivity (Wildman–Crippen MR) is 104 cm³/mol. The number of ether oxygens (including phenoxy) is 1. The molecule has 1 heterocycles. The molecule has 0 spiro atoms. The zero-order valence-electron chi connectivity index (χ0n) is 13.1. The minimum Gasteiger partial charge on any atom is -0.477 e. The average Bonchev–Trinajstić information content (AvgIpc) is 2.62. The summed E-state index contributed by atoms with van der Waals surface area (Å²) in [5.41, 5.74) is 3.25. The van der Waals surface area contributed by atoms with Crippen LogP contribution in [0.5, 0.6) is 5.88 Å². The molecular weight excluding hydrogens is 403 g/mol. The Bertz CT molecular complexity index is 608. The van der Waals surface area contributed by atoms with Crippen molar-refractivity contribution in [3.8, 4) is 5.88 Å². The molecule has 0 radical (unpaired) electrons. The second-order valence-electron chi connectivity index (χ2n) is 5.15. The number of nitrogens with one attached hydrogen (secondary N) is 1. The number of alkyl halides is 1. The Morgan fingerprint density at radius 1 is 1.17 bits per heavy atom. The Morgan fingerprint density at radius 2 is 1.87 bits per heavy atom. The summed E-state index contributed by atoms with van der Waals surface area (Å²) < 4.78 is 6.45. The molecule has 0 fully saturated rings. The van der Waals surface area contributed by atoms with E-state index in [4.69, 9.17) is 9.84 Å². The third-order valence-corrected chi connectivity index (χ3v) is 4.62. The number of hydrogen-bond donors (Lipinski definition) is 2. The highest BCUT2D eigenvalue weighted by Gasteiger charge is 2.06. The average molecular weight is 424 g/mol. The van der Waals surface area contributed by atoms with E-state index in [1.807, 2.05) is 37.4 Å². The SMILES string of the molecule is CNc1ccc(/C=C/c2ccc(OCC(CO)CI)nc2)cc1. The second kappa shape index (κ2) is 9.52. The first-order chi connectivity index (χ1) is 11.2. The van der Waals surface area contributed by atoms with Crippen LogP contribution in [0, 0.1) is 5.92 Å². The van der Waals surface area contributed by atoms with Crippen molar-refractivity contribution in [1.29, 1.82) is 0 Å². The van der Waals surface area contributed by atoms with Crippen molar-refractivity contribution in [3.05, 3.63) is 53.7 Å². The summed E-state index contributed by atoms with van der Waals surface area (Å²) >= 11 is 2.24. The van der Waals surface area contributed by atoms with E-state index in [-0.39, 0.29) is 12.5 Å². The number of aliphatic hydroxyl groups is 1. The van der Waals surface area contributed by atoms with Crippen LogP contribution in [0.1, 0.15) is 11.1 Å². The maximum atomic E-state index is 9.14. The van der Waals surface area contributed by atoms with E-state index >= 15 is 0 Å². The number of aromatic nitrogens is 1. The van der Waals surface area contributed by atoms with E-state index in [0.717, 1.165) is 21.2 Å². The Kier molecular flexibility index (Phi) is 7.35. The third-order valence-electron chi connectivity index (χ3n) is 3.37. The van der Waals surface area contributed by atoms with E-state index in [2.05, 4.69) is 51.1 Å². The lowest BCUT2D eigenvalue weighted by Gasteiger charge is -2.11. The monoisotopic (exact) mass is 424 g/mol. The molecule has 0 aliphatic heterocycles. The molecule has 2 aromatic rings. The molecule has 1 aromatic heterocycles. The van der Waals surface area contributed by atoms with Crippen molar-refractivity contribution in [3.63, 3.8) is 0 Å². The largest absolute Gasteiger partial charge is 0.477 e. The number of halogens is 1. The maximum Gasteiger partial charge on any atom is 0.213 e. The highest BCUT2D eigenvalue weighted by molar-refractivity contribution is 14.1. The summed E-state index contributed by atoms with van der Waals surface area (Å²) in [5, 5.41) is 12.2. The molecule has 0 saturated carbocycles. The van der Waals surface area contributed by atoms with Crippen LogP contribution in [-0.4, -0.2) is 34.8 Å². The van der Waals surface area contributed by atoms with Gasteiger partial charge in [0.05, 0.1) is 6.61 Å². The number of nitrogens with zero attached hydrogens (tertiary/aromatic N) is 1. The van der Waals surface area contributed by atoms with E-state index in [1.165, 1.54) is 0 Å². The van der Waals surface area contributed by atoms with Crippen molar-refractivity contribution >= 4 is 40.4 Å². The van der Waals surface area contributed by atoms with Crippen molar-refractivity contribution in [2.24, 2.45) is 5.92 Å². The van der Waals surface area contributed by atoms with Gasteiger partial charge in [-0.2, -0.15) is 0 Å². The van der Waals surface area contributed by atoms with Gasteiger partial charge >= 0.3 is 0 Å². The molecule has 0 bridgehead atoms. The minimum absolute atomic E-state index is 0.135. The van der Waals surface area contributed by atoms with Crippen LogP contribution in [0.25, 0.3) is 12.2 Å². The van der Waals surface area contributed by atoms with Gasteiger partial charge in [-0.25, -0.2) is 4.98 Å². The Hall–Kier alpha value is -1.60. The molecule has 0 amide bonds. The van der Waals surface area contributed by atoms with Gasteiger partial charge in [0, 0.05) is 42.0 Å². The van der Waals surface area contributed by atoms with E-state index < -0.39 is 0 Å². The van der Waals surface area contributed by atoms with Gasteiger partial charge in [0.1, 0.15) is 0 Å². The van der Waals surface area contributed by atoms with Gasteiger partial charge in [0.25, 0.3) is 0 Å². The number of aliphatic hydroxyl groups excluding tert-OH is 1. The lowest BCUT2D eigenvalue weighted by Crippen LogP contribution is -2.17. The number of rotatable bonds is 8. The second-order valence-corrected chi connectivity index (χ2v) is 6.03.